The molecule has 0 spiro atoms. The smallest absolute Gasteiger partial charge is 0.325 e. The van der Waals surface area contributed by atoms with Gasteiger partial charge >= 0.3 is 6.03 Å². The van der Waals surface area contributed by atoms with Gasteiger partial charge in [-0.15, -0.1) is 0 Å². The molecule has 5 heteroatoms. The van der Waals surface area contributed by atoms with Gasteiger partial charge in [0.05, 0.1) is 0 Å². The summed E-state index contributed by atoms with van der Waals surface area (Å²) in [5, 5.41) is 2.66. The number of urea groups is 1. The van der Waals surface area contributed by atoms with Gasteiger partial charge in [0.25, 0.3) is 5.91 Å². The average Bonchev–Trinajstić information content (AvgIpc) is 2.45. The highest BCUT2D eigenvalue weighted by Crippen LogP contribution is 2.28. The zero-order valence-electron chi connectivity index (χ0n) is 9.15. The largest absolute Gasteiger partial charge is 0.399 e. The molecule has 1 unspecified atom stereocenters. The van der Waals surface area contributed by atoms with E-state index in [1.54, 1.807) is 31.2 Å². The van der Waals surface area contributed by atoms with Gasteiger partial charge in [0.1, 0.15) is 5.54 Å². The van der Waals surface area contributed by atoms with E-state index in [2.05, 4.69) is 5.32 Å². The Morgan fingerprint density at radius 3 is 2.25 bits per heavy atom. The highest BCUT2D eigenvalue weighted by molar-refractivity contribution is 6.06. The van der Waals surface area contributed by atoms with Gasteiger partial charge in [-0.25, -0.2) is 4.79 Å². The van der Waals surface area contributed by atoms with Crippen LogP contribution in [0.2, 0.25) is 0 Å². The Balaban J connectivity index is 2.44. The molecule has 1 aliphatic rings. The number of nitrogens with one attached hydrogen (secondary N) is 1. The zero-order chi connectivity index (χ0) is 11.9. The van der Waals surface area contributed by atoms with Gasteiger partial charge in [0.15, 0.2) is 0 Å². The van der Waals surface area contributed by atoms with E-state index in [0.29, 0.717) is 5.69 Å². The minimum atomic E-state index is -0.987. The van der Waals surface area contributed by atoms with Crippen LogP contribution in [0, 0.1) is 0 Å². The van der Waals surface area contributed by atoms with Crippen molar-refractivity contribution in [3.05, 3.63) is 29.8 Å². The third-order valence-corrected chi connectivity index (χ3v) is 2.88. The van der Waals surface area contributed by atoms with Crippen molar-refractivity contribution in [1.82, 2.24) is 10.2 Å². The zero-order valence-corrected chi connectivity index (χ0v) is 9.15. The van der Waals surface area contributed by atoms with Crippen LogP contribution in [0.1, 0.15) is 12.5 Å². The lowest BCUT2D eigenvalue weighted by atomic mass is 9.92. The van der Waals surface area contributed by atoms with Crippen LogP contribution in [0.5, 0.6) is 0 Å². The molecule has 0 saturated carbocycles. The summed E-state index contributed by atoms with van der Waals surface area (Å²) in [7, 11) is 1.46. The van der Waals surface area contributed by atoms with Gasteiger partial charge in [0.2, 0.25) is 0 Å². The molecule has 1 saturated heterocycles. The van der Waals surface area contributed by atoms with Crippen LogP contribution in [0.3, 0.4) is 0 Å². The first-order valence-corrected chi connectivity index (χ1v) is 4.91. The normalized spacial score (nSPS) is 24.8. The van der Waals surface area contributed by atoms with Crippen molar-refractivity contribution in [2.75, 3.05) is 12.8 Å². The molecule has 0 radical (unpaired) electrons. The predicted octanol–water partition coefficient (Wildman–Crippen LogP) is 0.666. The molecule has 1 atom stereocenters. The maximum atomic E-state index is 11.9. The second kappa shape index (κ2) is 3.23. The molecule has 3 amide bonds. The number of hydrogen-bond acceptors (Lipinski definition) is 3. The van der Waals surface area contributed by atoms with Gasteiger partial charge in [-0.3, -0.25) is 9.69 Å². The second-order valence-electron chi connectivity index (χ2n) is 4.04. The van der Waals surface area contributed by atoms with Crippen LogP contribution in [0.4, 0.5) is 10.5 Å². The number of imide groups is 1. The Hall–Kier alpha value is -2.04. The maximum Gasteiger partial charge on any atom is 0.325 e. The molecular weight excluding hydrogens is 206 g/mol. The molecule has 3 N–H and O–H groups in total. The van der Waals surface area contributed by atoms with Crippen LogP contribution in [-0.4, -0.2) is 23.9 Å². The second-order valence-corrected chi connectivity index (χ2v) is 4.04. The minimum absolute atomic E-state index is 0.262. The molecule has 2 rings (SSSR count). The Bertz CT molecular complexity index is 455. The van der Waals surface area contributed by atoms with Crippen molar-refractivity contribution in [2.45, 2.75) is 12.5 Å². The molecule has 1 aromatic rings. The van der Waals surface area contributed by atoms with E-state index in [1.807, 2.05) is 0 Å². The molecule has 0 bridgehead atoms. The summed E-state index contributed by atoms with van der Waals surface area (Å²) >= 11 is 0. The fraction of sp³-hybridized carbons (Fsp3) is 0.273. The summed E-state index contributed by atoms with van der Waals surface area (Å²) < 4.78 is 0. The molecule has 0 aromatic heterocycles. The highest BCUT2D eigenvalue weighted by Gasteiger charge is 2.47. The molecule has 84 valence electrons. The van der Waals surface area contributed by atoms with Crippen molar-refractivity contribution in [3.63, 3.8) is 0 Å². The number of anilines is 1. The van der Waals surface area contributed by atoms with Crippen molar-refractivity contribution in [3.8, 4) is 0 Å². The van der Waals surface area contributed by atoms with E-state index in [1.165, 1.54) is 7.05 Å². The Morgan fingerprint density at radius 1 is 1.25 bits per heavy atom. The number of benzene rings is 1. The molecule has 1 fully saturated rings. The summed E-state index contributed by atoms with van der Waals surface area (Å²) in [5.74, 6) is -0.262. The van der Waals surface area contributed by atoms with E-state index in [4.69, 9.17) is 5.73 Å². The van der Waals surface area contributed by atoms with Crippen molar-refractivity contribution < 1.29 is 9.59 Å². The Kier molecular flexibility index (Phi) is 2.11. The molecule has 1 aromatic carbocycles. The number of rotatable bonds is 1. The average molecular weight is 219 g/mol. The van der Waals surface area contributed by atoms with Crippen LogP contribution >= 0.6 is 0 Å². The SMILES string of the molecule is CN1C(=O)NC(C)(c2ccc(N)cc2)C1=O. The molecular formula is C11H13N3O2. The standard InChI is InChI=1S/C11H13N3O2/c1-11(7-3-5-8(12)6-4-7)9(15)14(2)10(16)13-11/h3-6H,12H2,1-2H3,(H,13,16). The number of likely N-dealkylation sites (N-methyl/N-ethyl adjacent to an activating group) is 1. The van der Waals surface area contributed by atoms with Gasteiger partial charge in [-0.2, -0.15) is 0 Å². The van der Waals surface area contributed by atoms with Gasteiger partial charge in [-0.1, -0.05) is 12.1 Å². The van der Waals surface area contributed by atoms with Gasteiger partial charge < -0.3 is 11.1 Å². The first-order chi connectivity index (χ1) is 7.45. The first kappa shape index (κ1) is 10.5. The summed E-state index contributed by atoms with van der Waals surface area (Å²) in [5.41, 5.74) is 5.94. The van der Waals surface area contributed by atoms with E-state index >= 15 is 0 Å². The van der Waals surface area contributed by atoms with E-state index < -0.39 is 5.54 Å². The molecule has 5 nitrogen and oxygen atoms in total. The Morgan fingerprint density at radius 2 is 1.81 bits per heavy atom. The van der Waals surface area contributed by atoms with Crippen molar-refractivity contribution >= 4 is 17.6 Å². The molecule has 0 aliphatic carbocycles. The number of nitrogens with zero attached hydrogens (tertiary/aromatic N) is 1. The fourth-order valence-corrected chi connectivity index (χ4v) is 1.79. The number of carbonyl (C=O) groups is 2. The fourth-order valence-electron chi connectivity index (χ4n) is 1.79. The monoisotopic (exact) mass is 219 g/mol. The number of amides is 3. The van der Waals surface area contributed by atoms with Crippen LogP contribution in [-0.2, 0) is 10.3 Å². The topological polar surface area (TPSA) is 75.4 Å². The lowest BCUT2D eigenvalue weighted by Gasteiger charge is -2.21. The quantitative estimate of drug-likeness (QED) is 0.538. The maximum absolute atomic E-state index is 11.9. The molecule has 1 heterocycles. The summed E-state index contributed by atoms with van der Waals surface area (Å²) in [6.45, 7) is 1.68. The minimum Gasteiger partial charge on any atom is -0.399 e. The van der Waals surface area contributed by atoms with Crippen molar-refractivity contribution in [1.29, 1.82) is 0 Å². The first-order valence-electron chi connectivity index (χ1n) is 4.91. The lowest BCUT2D eigenvalue weighted by Crippen LogP contribution is -2.40. The van der Waals surface area contributed by atoms with Crippen LogP contribution in [0.25, 0.3) is 0 Å². The molecule has 16 heavy (non-hydrogen) atoms. The van der Waals surface area contributed by atoms with Crippen LogP contribution < -0.4 is 11.1 Å². The highest BCUT2D eigenvalue weighted by atomic mass is 16.2. The molecule has 1 aliphatic heterocycles. The number of nitrogens with two attached hydrogens (primary N) is 1. The van der Waals surface area contributed by atoms with Crippen LogP contribution in [0.15, 0.2) is 24.3 Å². The van der Waals surface area contributed by atoms with Crippen molar-refractivity contribution in [2.24, 2.45) is 0 Å². The summed E-state index contributed by atoms with van der Waals surface area (Å²) in [6, 6.07) is 6.51. The number of nitrogen functional groups attached to an aromatic ring is 1. The van der Waals surface area contributed by atoms with E-state index in [-0.39, 0.29) is 11.9 Å². The Labute approximate surface area is 93.2 Å². The number of carbonyl (C=O) groups excluding carboxylic acids is 2. The summed E-state index contributed by atoms with van der Waals surface area (Å²) in [4.78, 5) is 24.4. The van der Waals surface area contributed by atoms with E-state index in [0.717, 1.165) is 10.5 Å². The van der Waals surface area contributed by atoms with Gasteiger partial charge in [0, 0.05) is 12.7 Å². The lowest BCUT2D eigenvalue weighted by molar-refractivity contribution is -0.130. The summed E-state index contributed by atoms with van der Waals surface area (Å²) in [6.07, 6.45) is 0. The predicted molar refractivity (Wildman–Crippen MR) is 59.5 cm³/mol. The van der Waals surface area contributed by atoms with Gasteiger partial charge in [-0.05, 0) is 24.6 Å². The third-order valence-electron chi connectivity index (χ3n) is 2.88. The number of hydrogen-bond donors (Lipinski definition) is 2. The van der Waals surface area contributed by atoms with E-state index in [9.17, 15) is 9.59 Å². The third kappa shape index (κ3) is 1.32.